The van der Waals surface area contributed by atoms with E-state index in [1.807, 2.05) is 36.4 Å². The van der Waals surface area contributed by atoms with Crippen molar-refractivity contribution < 1.29 is 9.53 Å². The molecular weight excluding hydrogens is 398 g/mol. The molecule has 0 fully saturated rings. The van der Waals surface area contributed by atoms with E-state index in [9.17, 15) is 4.79 Å². The molecular formula is C16H15Br2NO2. The molecule has 0 saturated carbocycles. The smallest absolute Gasteiger partial charge is 0.252 e. The van der Waals surface area contributed by atoms with Crippen LogP contribution >= 0.6 is 31.9 Å². The minimum Gasteiger partial charge on any atom is -0.497 e. The summed E-state index contributed by atoms with van der Waals surface area (Å²) in [5.41, 5.74) is 1.79. The Labute approximate surface area is 141 Å². The Morgan fingerprint density at radius 2 is 1.86 bits per heavy atom. The summed E-state index contributed by atoms with van der Waals surface area (Å²) in [5, 5.41) is 2.92. The minimum absolute atomic E-state index is 0.0807. The molecule has 0 radical (unpaired) electrons. The summed E-state index contributed by atoms with van der Waals surface area (Å²) in [6.45, 7) is 0.591. The number of hydrogen-bond acceptors (Lipinski definition) is 2. The fraction of sp³-hybridized carbons (Fsp3) is 0.188. The van der Waals surface area contributed by atoms with Gasteiger partial charge in [0, 0.05) is 15.5 Å². The molecule has 21 heavy (non-hydrogen) atoms. The molecule has 0 spiro atoms. The van der Waals surface area contributed by atoms with Crippen LogP contribution in [0.1, 0.15) is 15.9 Å². The molecule has 1 amide bonds. The minimum atomic E-state index is -0.0807. The maximum absolute atomic E-state index is 12.1. The molecule has 0 unspecified atom stereocenters. The first-order valence-electron chi connectivity index (χ1n) is 6.46. The number of ether oxygens (including phenoxy) is 1. The summed E-state index contributed by atoms with van der Waals surface area (Å²) >= 11 is 6.76. The third kappa shape index (κ3) is 4.58. The van der Waals surface area contributed by atoms with Crippen molar-refractivity contribution in [1.29, 1.82) is 0 Å². The fourth-order valence-electron chi connectivity index (χ4n) is 1.88. The summed E-state index contributed by atoms with van der Waals surface area (Å²) < 4.78 is 6.82. The highest BCUT2D eigenvalue weighted by atomic mass is 79.9. The first kappa shape index (κ1) is 16.0. The number of hydrogen-bond donors (Lipinski definition) is 1. The fourth-order valence-corrected chi connectivity index (χ4v) is 3.11. The first-order valence-corrected chi connectivity index (χ1v) is 8.05. The second-order valence-corrected chi connectivity index (χ2v) is 6.25. The van der Waals surface area contributed by atoms with Gasteiger partial charge in [-0.2, -0.15) is 0 Å². The SMILES string of the molecule is COc1ccc(CCNC(=O)c2ccc(Br)cc2Br)cc1. The van der Waals surface area contributed by atoms with Crippen LogP contribution in [-0.4, -0.2) is 19.6 Å². The Morgan fingerprint density at radius 1 is 1.14 bits per heavy atom. The van der Waals surface area contributed by atoms with Gasteiger partial charge in [0.2, 0.25) is 0 Å². The lowest BCUT2D eigenvalue weighted by Gasteiger charge is -2.08. The third-order valence-corrected chi connectivity index (χ3v) is 4.18. The predicted molar refractivity (Wildman–Crippen MR) is 90.9 cm³/mol. The van der Waals surface area contributed by atoms with Crippen LogP contribution in [0.2, 0.25) is 0 Å². The number of halogens is 2. The van der Waals surface area contributed by atoms with E-state index in [1.165, 1.54) is 0 Å². The molecule has 5 heteroatoms. The monoisotopic (exact) mass is 411 g/mol. The van der Waals surface area contributed by atoms with E-state index < -0.39 is 0 Å². The Balaban J connectivity index is 1.88. The van der Waals surface area contributed by atoms with Crippen molar-refractivity contribution in [3.05, 3.63) is 62.5 Å². The summed E-state index contributed by atoms with van der Waals surface area (Å²) in [6, 6.07) is 13.3. The molecule has 2 aromatic carbocycles. The Bertz CT molecular complexity index is 627. The van der Waals surface area contributed by atoms with E-state index >= 15 is 0 Å². The zero-order chi connectivity index (χ0) is 15.2. The van der Waals surface area contributed by atoms with Gasteiger partial charge in [-0.1, -0.05) is 28.1 Å². The van der Waals surface area contributed by atoms with Crippen molar-refractivity contribution in [3.8, 4) is 5.75 Å². The zero-order valence-electron chi connectivity index (χ0n) is 11.5. The second kappa shape index (κ2) is 7.61. The largest absolute Gasteiger partial charge is 0.497 e. The molecule has 0 aliphatic rings. The van der Waals surface area contributed by atoms with Gasteiger partial charge in [0.1, 0.15) is 5.75 Å². The van der Waals surface area contributed by atoms with Gasteiger partial charge in [0.15, 0.2) is 0 Å². The van der Waals surface area contributed by atoms with Gasteiger partial charge in [-0.25, -0.2) is 0 Å². The van der Waals surface area contributed by atoms with Crippen LogP contribution < -0.4 is 10.1 Å². The molecule has 2 aromatic rings. The lowest BCUT2D eigenvalue weighted by atomic mass is 10.1. The molecule has 110 valence electrons. The quantitative estimate of drug-likeness (QED) is 0.799. The average molecular weight is 413 g/mol. The molecule has 2 rings (SSSR count). The van der Waals surface area contributed by atoms with Gasteiger partial charge in [0.25, 0.3) is 5.91 Å². The van der Waals surface area contributed by atoms with Crippen LogP contribution in [0.4, 0.5) is 0 Å². The lowest BCUT2D eigenvalue weighted by Crippen LogP contribution is -2.26. The van der Waals surface area contributed by atoms with E-state index in [0.29, 0.717) is 12.1 Å². The van der Waals surface area contributed by atoms with Crippen molar-refractivity contribution >= 4 is 37.8 Å². The van der Waals surface area contributed by atoms with E-state index in [0.717, 1.165) is 26.7 Å². The molecule has 0 aromatic heterocycles. The van der Waals surface area contributed by atoms with Gasteiger partial charge >= 0.3 is 0 Å². The van der Waals surface area contributed by atoms with Crippen LogP contribution in [0.15, 0.2) is 51.4 Å². The number of benzene rings is 2. The molecule has 0 atom stereocenters. The molecule has 3 nitrogen and oxygen atoms in total. The normalized spacial score (nSPS) is 10.2. The van der Waals surface area contributed by atoms with Gasteiger partial charge in [-0.3, -0.25) is 4.79 Å². The summed E-state index contributed by atoms with van der Waals surface area (Å²) in [4.78, 5) is 12.1. The van der Waals surface area contributed by atoms with E-state index in [2.05, 4.69) is 37.2 Å². The number of rotatable bonds is 5. The first-order chi connectivity index (χ1) is 10.1. The number of carbonyl (C=O) groups excluding carboxylic acids is 1. The van der Waals surface area contributed by atoms with Crippen molar-refractivity contribution in [2.24, 2.45) is 0 Å². The maximum atomic E-state index is 12.1. The third-order valence-electron chi connectivity index (χ3n) is 3.03. The van der Waals surface area contributed by atoms with Crippen molar-refractivity contribution in [3.63, 3.8) is 0 Å². The van der Waals surface area contributed by atoms with E-state index in [1.54, 1.807) is 13.2 Å². The van der Waals surface area contributed by atoms with Gasteiger partial charge in [0.05, 0.1) is 12.7 Å². The summed E-state index contributed by atoms with van der Waals surface area (Å²) in [6.07, 6.45) is 0.782. The van der Waals surface area contributed by atoms with Crippen molar-refractivity contribution in [1.82, 2.24) is 5.32 Å². The number of carbonyl (C=O) groups is 1. The van der Waals surface area contributed by atoms with Crippen LogP contribution in [0, 0.1) is 0 Å². The van der Waals surface area contributed by atoms with E-state index in [-0.39, 0.29) is 5.91 Å². The summed E-state index contributed by atoms with van der Waals surface area (Å²) in [7, 11) is 1.64. The lowest BCUT2D eigenvalue weighted by molar-refractivity contribution is 0.0953. The molecule has 0 aliphatic carbocycles. The topological polar surface area (TPSA) is 38.3 Å². The highest BCUT2D eigenvalue weighted by Crippen LogP contribution is 2.21. The summed E-state index contributed by atoms with van der Waals surface area (Å²) in [5.74, 6) is 0.754. The standard InChI is InChI=1S/C16H15Br2NO2/c1-21-13-5-2-11(3-6-13)8-9-19-16(20)14-7-4-12(17)10-15(14)18/h2-7,10H,8-9H2,1H3,(H,19,20). The predicted octanol–water partition coefficient (Wildman–Crippen LogP) is 4.19. The van der Waals surface area contributed by atoms with Crippen LogP contribution in [0.25, 0.3) is 0 Å². The molecule has 0 saturated heterocycles. The second-order valence-electron chi connectivity index (χ2n) is 4.48. The van der Waals surface area contributed by atoms with E-state index in [4.69, 9.17) is 4.74 Å². The maximum Gasteiger partial charge on any atom is 0.252 e. The molecule has 1 N–H and O–H groups in total. The average Bonchev–Trinajstić information content (AvgIpc) is 2.47. The molecule has 0 aliphatic heterocycles. The van der Waals surface area contributed by atoms with Gasteiger partial charge in [-0.15, -0.1) is 0 Å². The van der Waals surface area contributed by atoms with Crippen LogP contribution in [-0.2, 0) is 6.42 Å². The van der Waals surface area contributed by atoms with Crippen molar-refractivity contribution in [2.75, 3.05) is 13.7 Å². The Hall–Kier alpha value is -1.33. The molecule has 0 heterocycles. The van der Waals surface area contributed by atoms with Gasteiger partial charge < -0.3 is 10.1 Å². The molecule has 0 bridgehead atoms. The van der Waals surface area contributed by atoms with Crippen LogP contribution in [0.5, 0.6) is 5.75 Å². The highest BCUT2D eigenvalue weighted by Gasteiger charge is 2.09. The zero-order valence-corrected chi connectivity index (χ0v) is 14.7. The highest BCUT2D eigenvalue weighted by molar-refractivity contribution is 9.11. The Kier molecular flexibility index (Phi) is 5.82. The number of amides is 1. The number of methoxy groups -OCH3 is 1. The number of nitrogens with one attached hydrogen (secondary N) is 1. The van der Waals surface area contributed by atoms with Crippen LogP contribution in [0.3, 0.4) is 0 Å². The van der Waals surface area contributed by atoms with Crippen molar-refractivity contribution in [2.45, 2.75) is 6.42 Å². The Morgan fingerprint density at radius 3 is 2.48 bits per heavy atom. The van der Waals surface area contributed by atoms with Gasteiger partial charge in [-0.05, 0) is 58.2 Å².